The van der Waals surface area contributed by atoms with E-state index in [1.54, 1.807) is 18.2 Å². The van der Waals surface area contributed by atoms with Crippen LogP contribution in [0, 0.1) is 0 Å². The van der Waals surface area contributed by atoms with Gasteiger partial charge in [-0.2, -0.15) is 4.31 Å². The largest absolute Gasteiger partial charge is 0.494 e. The number of nitrogens with zero attached hydrogens (tertiary/aromatic N) is 1. The summed E-state index contributed by atoms with van der Waals surface area (Å²) in [6.07, 6.45) is 5.97. The number of benzene rings is 2. The van der Waals surface area contributed by atoms with Crippen molar-refractivity contribution >= 4 is 21.9 Å². The van der Waals surface area contributed by atoms with Crippen LogP contribution in [-0.4, -0.2) is 38.2 Å². The Kier molecular flexibility index (Phi) is 6.65. The second-order valence-electron chi connectivity index (χ2n) is 6.75. The van der Waals surface area contributed by atoms with E-state index in [-0.39, 0.29) is 10.7 Å². The Balaban J connectivity index is 1.65. The molecule has 1 aliphatic heterocycles. The average molecular weight is 400 g/mol. The molecule has 2 aromatic carbocycles. The van der Waals surface area contributed by atoms with Gasteiger partial charge in [0.25, 0.3) is 0 Å². The third-order valence-electron chi connectivity index (χ3n) is 4.62. The molecule has 3 rings (SSSR count). The number of carbonyl (C=O) groups excluding carboxylic acids is 1. The number of ether oxygens (including phenoxy) is 1. The molecular formula is C22H25NO4S. The van der Waals surface area contributed by atoms with E-state index in [0.717, 1.165) is 30.6 Å². The molecular weight excluding hydrogens is 374 g/mol. The minimum absolute atomic E-state index is 0.170. The lowest BCUT2D eigenvalue weighted by Gasteiger charge is -2.15. The number of ketones is 1. The fraction of sp³-hybridized carbons (Fsp3) is 0.318. The van der Waals surface area contributed by atoms with Crippen LogP contribution in [0.4, 0.5) is 0 Å². The Morgan fingerprint density at radius 2 is 1.68 bits per heavy atom. The molecule has 0 aromatic heterocycles. The van der Waals surface area contributed by atoms with Gasteiger partial charge in [-0.25, -0.2) is 8.42 Å². The number of hydrogen-bond acceptors (Lipinski definition) is 4. The lowest BCUT2D eigenvalue weighted by atomic mass is 10.1. The molecule has 0 N–H and O–H groups in total. The van der Waals surface area contributed by atoms with Crippen LogP contribution in [0.2, 0.25) is 0 Å². The van der Waals surface area contributed by atoms with Gasteiger partial charge in [-0.05, 0) is 67.3 Å². The maximum atomic E-state index is 12.5. The second-order valence-corrected chi connectivity index (χ2v) is 8.69. The van der Waals surface area contributed by atoms with Crippen LogP contribution in [0.3, 0.4) is 0 Å². The summed E-state index contributed by atoms with van der Waals surface area (Å²) >= 11 is 0. The summed E-state index contributed by atoms with van der Waals surface area (Å²) in [4.78, 5) is 12.6. The van der Waals surface area contributed by atoms with Crippen LogP contribution >= 0.6 is 0 Å². The number of hydrogen-bond donors (Lipinski definition) is 0. The standard InChI is InChI=1S/C22H25NO4S/c1-2-17-27-20-10-5-18(6-11-20)7-14-22(24)19-8-12-21(13-9-19)28(25,26)23-15-3-4-16-23/h5-14H,2-4,15-17H2,1H3/b14-7+. The molecule has 148 valence electrons. The summed E-state index contributed by atoms with van der Waals surface area (Å²) in [5.41, 5.74) is 1.35. The van der Waals surface area contributed by atoms with Gasteiger partial charge in [-0.3, -0.25) is 4.79 Å². The molecule has 1 aliphatic rings. The third kappa shape index (κ3) is 4.88. The zero-order valence-electron chi connectivity index (χ0n) is 16.0. The first-order valence-electron chi connectivity index (χ1n) is 9.56. The minimum atomic E-state index is -3.46. The summed E-state index contributed by atoms with van der Waals surface area (Å²) < 4.78 is 32.1. The van der Waals surface area contributed by atoms with E-state index in [1.807, 2.05) is 24.3 Å². The van der Waals surface area contributed by atoms with Crippen molar-refractivity contribution in [2.24, 2.45) is 0 Å². The van der Waals surface area contributed by atoms with E-state index in [4.69, 9.17) is 4.74 Å². The van der Waals surface area contributed by atoms with Gasteiger partial charge in [0.2, 0.25) is 10.0 Å². The van der Waals surface area contributed by atoms with Crippen molar-refractivity contribution in [1.29, 1.82) is 0 Å². The van der Waals surface area contributed by atoms with Crippen LogP contribution < -0.4 is 4.74 Å². The summed E-state index contributed by atoms with van der Waals surface area (Å²) in [5.74, 6) is 0.636. The summed E-state index contributed by atoms with van der Waals surface area (Å²) in [5, 5.41) is 0. The molecule has 0 radical (unpaired) electrons. The number of carbonyl (C=O) groups is 1. The average Bonchev–Trinajstić information content (AvgIpc) is 3.27. The van der Waals surface area contributed by atoms with E-state index in [9.17, 15) is 13.2 Å². The highest BCUT2D eigenvalue weighted by atomic mass is 32.2. The minimum Gasteiger partial charge on any atom is -0.494 e. The first-order chi connectivity index (χ1) is 13.5. The van der Waals surface area contributed by atoms with Crippen molar-refractivity contribution in [3.8, 4) is 5.75 Å². The normalized spacial score (nSPS) is 15.2. The van der Waals surface area contributed by atoms with Gasteiger partial charge in [-0.15, -0.1) is 0 Å². The molecule has 0 amide bonds. The van der Waals surface area contributed by atoms with E-state index >= 15 is 0 Å². The van der Waals surface area contributed by atoms with Gasteiger partial charge in [0, 0.05) is 18.7 Å². The molecule has 6 heteroatoms. The van der Waals surface area contributed by atoms with E-state index in [1.165, 1.54) is 22.5 Å². The Labute approximate surface area is 166 Å². The lowest BCUT2D eigenvalue weighted by Crippen LogP contribution is -2.27. The van der Waals surface area contributed by atoms with E-state index in [0.29, 0.717) is 25.3 Å². The molecule has 2 aromatic rings. The van der Waals surface area contributed by atoms with Gasteiger partial charge >= 0.3 is 0 Å². The lowest BCUT2D eigenvalue weighted by molar-refractivity contribution is 0.104. The Hall–Kier alpha value is -2.44. The summed E-state index contributed by atoms with van der Waals surface area (Å²) in [7, 11) is -3.46. The Morgan fingerprint density at radius 3 is 2.29 bits per heavy atom. The summed E-state index contributed by atoms with van der Waals surface area (Å²) in [6.45, 7) is 3.86. The topological polar surface area (TPSA) is 63.7 Å². The predicted molar refractivity (Wildman–Crippen MR) is 110 cm³/mol. The smallest absolute Gasteiger partial charge is 0.243 e. The van der Waals surface area contributed by atoms with Crippen molar-refractivity contribution in [2.45, 2.75) is 31.1 Å². The molecule has 0 aliphatic carbocycles. The van der Waals surface area contributed by atoms with E-state index in [2.05, 4.69) is 6.92 Å². The van der Waals surface area contributed by atoms with Gasteiger partial charge in [0.1, 0.15) is 5.75 Å². The first-order valence-corrected chi connectivity index (χ1v) is 11.0. The SMILES string of the molecule is CCCOc1ccc(/C=C/C(=O)c2ccc(S(=O)(=O)N3CCCC3)cc2)cc1. The van der Waals surface area contributed by atoms with Crippen LogP contribution in [0.15, 0.2) is 59.5 Å². The van der Waals surface area contributed by atoms with Crippen molar-refractivity contribution in [1.82, 2.24) is 4.31 Å². The molecule has 0 bridgehead atoms. The molecule has 0 spiro atoms. The fourth-order valence-electron chi connectivity index (χ4n) is 3.03. The third-order valence-corrected chi connectivity index (χ3v) is 6.53. The maximum absolute atomic E-state index is 12.5. The highest BCUT2D eigenvalue weighted by Gasteiger charge is 2.26. The highest BCUT2D eigenvalue weighted by molar-refractivity contribution is 7.89. The van der Waals surface area contributed by atoms with Gasteiger partial charge in [-0.1, -0.05) is 25.1 Å². The van der Waals surface area contributed by atoms with Crippen molar-refractivity contribution in [2.75, 3.05) is 19.7 Å². The number of rotatable bonds is 8. The van der Waals surface area contributed by atoms with Crippen molar-refractivity contribution < 1.29 is 17.9 Å². The molecule has 0 unspecified atom stereocenters. The maximum Gasteiger partial charge on any atom is 0.243 e. The van der Waals surface area contributed by atoms with Gasteiger partial charge < -0.3 is 4.74 Å². The molecule has 1 fully saturated rings. The molecule has 1 heterocycles. The van der Waals surface area contributed by atoms with E-state index < -0.39 is 10.0 Å². The quantitative estimate of drug-likeness (QED) is 0.494. The van der Waals surface area contributed by atoms with Crippen LogP contribution in [-0.2, 0) is 10.0 Å². The van der Waals surface area contributed by atoms with Crippen molar-refractivity contribution in [3.63, 3.8) is 0 Å². The Bertz CT molecular complexity index is 926. The summed E-state index contributed by atoms with van der Waals surface area (Å²) in [6, 6.07) is 13.7. The van der Waals surface area contributed by atoms with Gasteiger partial charge in [0.15, 0.2) is 5.78 Å². The van der Waals surface area contributed by atoms with Crippen LogP contribution in [0.1, 0.15) is 42.1 Å². The predicted octanol–water partition coefficient (Wildman–Crippen LogP) is 4.16. The van der Waals surface area contributed by atoms with Crippen LogP contribution in [0.25, 0.3) is 6.08 Å². The molecule has 0 saturated carbocycles. The highest BCUT2D eigenvalue weighted by Crippen LogP contribution is 2.21. The second kappa shape index (κ2) is 9.17. The molecule has 28 heavy (non-hydrogen) atoms. The monoisotopic (exact) mass is 399 g/mol. The number of sulfonamides is 1. The van der Waals surface area contributed by atoms with Crippen LogP contribution in [0.5, 0.6) is 5.75 Å². The number of allylic oxidation sites excluding steroid dienone is 1. The van der Waals surface area contributed by atoms with Crippen molar-refractivity contribution in [3.05, 3.63) is 65.7 Å². The fourth-order valence-corrected chi connectivity index (χ4v) is 4.55. The van der Waals surface area contributed by atoms with Gasteiger partial charge in [0.05, 0.1) is 11.5 Å². The zero-order chi connectivity index (χ0) is 20.0. The molecule has 1 saturated heterocycles. The first kappa shape index (κ1) is 20.3. The Morgan fingerprint density at radius 1 is 1.04 bits per heavy atom. The zero-order valence-corrected chi connectivity index (χ0v) is 16.8. The molecule has 0 atom stereocenters. The molecule has 5 nitrogen and oxygen atoms in total.